The maximum Gasteiger partial charge on any atom is 0.192 e. The van der Waals surface area contributed by atoms with Crippen LogP contribution in [0.5, 0.6) is 5.75 Å². The SMILES string of the molecule is CCCOc1ccc(Cl)cc1C(=O)COC. The summed E-state index contributed by atoms with van der Waals surface area (Å²) in [6, 6.07) is 5.02. The molecule has 1 aromatic carbocycles. The van der Waals surface area contributed by atoms with Gasteiger partial charge >= 0.3 is 0 Å². The Labute approximate surface area is 100 Å². The number of methoxy groups -OCH3 is 1. The van der Waals surface area contributed by atoms with Crippen molar-refractivity contribution in [3.8, 4) is 5.75 Å². The third-order valence-electron chi connectivity index (χ3n) is 1.98. The second kappa shape index (κ2) is 6.51. The van der Waals surface area contributed by atoms with E-state index in [4.69, 9.17) is 21.1 Å². The van der Waals surface area contributed by atoms with Gasteiger partial charge in [-0.05, 0) is 24.6 Å². The summed E-state index contributed by atoms with van der Waals surface area (Å²) in [5.74, 6) is 0.435. The average Bonchev–Trinajstić information content (AvgIpc) is 2.27. The van der Waals surface area contributed by atoms with Crippen molar-refractivity contribution < 1.29 is 14.3 Å². The summed E-state index contributed by atoms with van der Waals surface area (Å²) in [6.07, 6.45) is 0.889. The first-order valence-corrected chi connectivity index (χ1v) is 5.51. The molecule has 0 saturated heterocycles. The molecule has 0 radical (unpaired) electrons. The Hall–Kier alpha value is -1.06. The monoisotopic (exact) mass is 242 g/mol. The van der Waals surface area contributed by atoms with Gasteiger partial charge in [-0.2, -0.15) is 0 Å². The number of ether oxygens (including phenoxy) is 2. The van der Waals surface area contributed by atoms with Gasteiger partial charge in [0, 0.05) is 12.1 Å². The van der Waals surface area contributed by atoms with Crippen LogP contribution in [-0.2, 0) is 4.74 Å². The molecular formula is C12H15ClO3. The molecule has 3 nitrogen and oxygen atoms in total. The Morgan fingerprint density at radius 1 is 1.44 bits per heavy atom. The van der Waals surface area contributed by atoms with E-state index in [1.54, 1.807) is 18.2 Å². The molecule has 0 heterocycles. The van der Waals surface area contributed by atoms with Crippen LogP contribution < -0.4 is 4.74 Å². The van der Waals surface area contributed by atoms with Crippen molar-refractivity contribution >= 4 is 17.4 Å². The number of carbonyl (C=O) groups is 1. The molecule has 0 spiro atoms. The van der Waals surface area contributed by atoms with Gasteiger partial charge in [0.1, 0.15) is 12.4 Å². The smallest absolute Gasteiger partial charge is 0.192 e. The predicted molar refractivity (Wildman–Crippen MR) is 63.4 cm³/mol. The van der Waals surface area contributed by atoms with Gasteiger partial charge < -0.3 is 9.47 Å². The van der Waals surface area contributed by atoms with Crippen molar-refractivity contribution in [1.29, 1.82) is 0 Å². The molecule has 0 N–H and O–H groups in total. The highest BCUT2D eigenvalue weighted by molar-refractivity contribution is 6.31. The van der Waals surface area contributed by atoms with Crippen molar-refractivity contribution in [2.45, 2.75) is 13.3 Å². The van der Waals surface area contributed by atoms with Crippen molar-refractivity contribution in [2.24, 2.45) is 0 Å². The molecule has 0 aliphatic heterocycles. The van der Waals surface area contributed by atoms with Crippen molar-refractivity contribution in [3.05, 3.63) is 28.8 Å². The van der Waals surface area contributed by atoms with Crippen LogP contribution >= 0.6 is 11.6 Å². The molecule has 0 aliphatic rings. The third-order valence-corrected chi connectivity index (χ3v) is 2.21. The van der Waals surface area contributed by atoms with Gasteiger partial charge in [-0.15, -0.1) is 0 Å². The Bertz CT molecular complexity index is 363. The van der Waals surface area contributed by atoms with E-state index in [1.165, 1.54) is 7.11 Å². The molecule has 16 heavy (non-hydrogen) atoms. The molecule has 0 fully saturated rings. The van der Waals surface area contributed by atoms with E-state index >= 15 is 0 Å². The largest absolute Gasteiger partial charge is 0.493 e. The topological polar surface area (TPSA) is 35.5 Å². The summed E-state index contributed by atoms with van der Waals surface area (Å²) in [5, 5.41) is 0.517. The molecule has 0 saturated carbocycles. The predicted octanol–water partition coefficient (Wildman–Crippen LogP) is 2.96. The number of carbonyl (C=O) groups excluding carboxylic acids is 1. The Balaban J connectivity index is 2.93. The fourth-order valence-corrected chi connectivity index (χ4v) is 1.44. The van der Waals surface area contributed by atoms with E-state index in [1.807, 2.05) is 6.92 Å². The molecule has 0 unspecified atom stereocenters. The first-order valence-electron chi connectivity index (χ1n) is 5.13. The van der Waals surface area contributed by atoms with Gasteiger partial charge in [0.2, 0.25) is 0 Å². The summed E-state index contributed by atoms with van der Waals surface area (Å²) in [7, 11) is 1.48. The van der Waals surface area contributed by atoms with E-state index in [9.17, 15) is 4.79 Å². The van der Waals surface area contributed by atoms with Crippen LogP contribution in [0.3, 0.4) is 0 Å². The van der Waals surface area contributed by atoms with E-state index in [0.717, 1.165) is 6.42 Å². The number of Topliss-reactive ketones (excluding diaryl/α,β-unsaturated/α-hetero) is 1. The number of rotatable bonds is 6. The van der Waals surface area contributed by atoms with Gasteiger partial charge in [-0.1, -0.05) is 18.5 Å². The van der Waals surface area contributed by atoms with E-state index in [2.05, 4.69) is 0 Å². The van der Waals surface area contributed by atoms with Crippen LogP contribution in [0.1, 0.15) is 23.7 Å². The number of hydrogen-bond acceptors (Lipinski definition) is 3. The minimum atomic E-state index is -0.129. The number of halogens is 1. The summed E-state index contributed by atoms with van der Waals surface area (Å²) >= 11 is 5.85. The van der Waals surface area contributed by atoms with E-state index < -0.39 is 0 Å². The van der Waals surface area contributed by atoms with Gasteiger partial charge in [0.25, 0.3) is 0 Å². The molecule has 4 heteroatoms. The average molecular weight is 243 g/mol. The van der Waals surface area contributed by atoms with Gasteiger partial charge in [-0.3, -0.25) is 4.79 Å². The lowest BCUT2D eigenvalue weighted by Gasteiger charge is -2.10. The zero-order valence-electron chi connectivity index (χ0n) is 9.46. The number of hydrogen-bond donors (Lipinski definition) is 0. The Morgan fingerprint density at radius 3 is 2.81 bits per heavy atom. The highest BCUT2D eigenvalue weighted by Crippen LogP contribution is 2.23. The fraction of sp³-hybridized carbons (Fsp3) is 0.417. The number of benzene rings is 1. The van der Waals surface area contributed by atoms with Crippen LogP contribution in [0.4, 0.5) is 0 Å². The molecule has 1 aromatic rings. The summed E-state index contributed by atoms with van der Waals surface area (Å²) in [4.78, 5) is 11.7. The highest BCUT2D eigenvalue weighted by Gasteiger charge is 2.12. The quantitative estimate of drug-likeness (QED) is 0.720. The molecule has 88 valence electrons. The van der Waals surface area contributed by atoms with E-state index in [-0.39, 0.29) is 12.4 Å². The normalized spacial score (nSPS) is 10.2. The summed E-state index contributed by atoms with van der Waals surface area (Å²) < 4.78 is 10.3. The number of ketones is 1. The second-order valence-corrected chi connectivity index (χ2v) is 3.78. The van der Waals surface area contributed by atoms with Gasteiger partial charge in [-0.25, -0.2) is 0 Å². The fourth-order valence-electron chi connectivity index (χ4n) is 1.27. The highest BCUT2D eigenvalue weighted by atomic mass is 35.5. The third kappa shape index (κ3) is 3.51. The zero-order chi connectivity index (χ0) is 12.0. The maximum atomic E-state index is 11.7. The van der Waals surface area contributed by atoms with Gasteiger partial charge in [0.05, 0.1) is 12.2 Å². The van der Waals surface area contributed by atoms with Crippen LogP contribution in [-0.4, -0.2) is 26.1 Å². The standard InChI is InChI=1S/C12H15ClO3/c1-3-6-16-12-5-4-9(13)7-10(12)11(14)8-15-2/h4-5,7H,3,6,8H2,1-2H3. The van der Waals surface area contributed by atoms with Gasteiger partial charge in [0.15, 0.2) is 5.78 Å². The van der Waals surface area contributed by atoms with Crippen LogP contribution in [0.2, 0.25) is 5.02 Å². The first kappa shape index (κ1) is 13.0. The molecule has 0 aliphatic carbocycles. The zero-order valence-corrected chi connectivity index (χ0v) is 10.2. The minimum absolute atomic E-state index is 0.0306. The lowest BCUT2D eigenvalue weighted by molar-refractivity contribution is 0.0844. The Kier molecular flexibility index (Phi) is 5.29. The lowest BCUT2D eigenvalue weighted by Crippen LogP contribution is -2.10. The maximum absolute atomic E-state index is 11.7. The Morgan fingerprint density at radius 2 is 2.19 bits per heavy atom. The second-order valence-electron chi connectivity index (χ2n) is 3.35. The summed E-state index contributed by atoms with van der Waals surface area (Å²) in [6.45, 7) is 2.62. The molecule has 0 atom stereocenters. The first-order chi connectivity index (χ1) is 7.69. The van der Waals surface area contributed by atoms with Crippen molar-refractivity contribution in [1.82, 2.24) is 0 Å². The van der Waals surface area contributed by atoms with Crippen LogP contribution in [0, 0.1) is 0 Å². The molecule has 0 aromatic heterocycles. The van der Waals surface area contributed by atoms with Crippen LogP contribution in [0.25, 0.3) is 0 Å². The van der Waals surface area contributed by atoms with Crippen molar-refractivity contribution in [3.63, 3.8) is 0 Å². The molecule has 1 rings (SSSR count). The van der Waals surface area contributed by atoms with Crippen LogP contribution in [0.15, 0.2) is 18.2 Å². The van der Waals surface area contributed by atoms with Crippen molar-refractivity contribution in [2.75, 3.05) is 20.3 Å². The lowest BCUT2D eigenvalue weighted by atomic mass is 10.1. The molecule has 0 amide bonds. The summed E-state index contributed by atoms with van der Waals surface area (Å²) in [5.41, 5.74) is 0.475. The minimum Gasteiger partial charge on any atom is -0.493 e. The molecule has 0 bridgehead atoms. The molecular weight excluding hydrogens is 228 g/mol. The van der Waals surface area contributed by atoms with E-state index in [0.29, 0.717) is 22.9 Å².